The van der Waals surface area contributed by atoms with Crippen LogP contribution in [0.5, 0.6) is 0 Å². The molecule has 2 unspecified atom stereocenters. The molecule has 1 aliphatic rings. The third-order valence-corrected chi connectivity index (χ3v) is 2.76. The van der Waals surface area contributed by atoms with Crippen LogP contribution in [0.15, 0.2) is 18.5 Å². The monoisotopic (exact) mass is 195 g/mol. The van der Waals surface area contributed by atoms with E-state index in [-0.39, 0.29) is 11.9 Å². The van der Waals surface area contributed by atoms with E-state index in [9.17, 15) is 4.39 Å². The number of hydrogen-bond acceptors (Lipinski definition) is 3. The molecule has 4 heteroatoms. The second-order valence-electron chi connectivity index (χ2n) is 3.87. The standard InChI is InChI=1S/C10H14FN3/c1-7-5-14(6-9(7)12)10-2-3-13-4-8(10)11/h2-4,7,9H,5-6,12H2,1H3. The second-order valence-corrected chi connectivity index (χ2v) is 3.87. The van der Waals surface area contributed by atoms with Gasteiger partial charge in [-0.05, 0) is 12.0 Å². The van der Waals surface area contributed by atoms with Crippen LogP contribution >= 0.6 is 0 Å². The van der Waals surface area contributed by atoms with Gasteiger partial charge in [0.1, 0.15) is 0 Å². The Kier molecular flexibility index (Phi) is 2.37. The molecular weight excluding hydrogens is 181 g/mol. The van der Waals surface area contributed by atoms with Gasteiger partial charge in [0.05, 0.1) is 11.9 Å². The van der Waals surface area contributed by atoms with Crippen LogP contribution in [-0.2, 0) is 0 Å². The topological polar surface area (TPSA) is 42.2 Å². The molecule has 1 aromatic rings. The second kappa shape index (κ2) is 3.53. The van der Waals surface area contributed by atoms with E-state index >= 15 is 0 Å². The van der Waals surface area contributed by atoms with Gasteiger partial charge in [-0.1, -0.05) is 6.92 Å². The van der Waals surface area contributed by atoms with Crippen molar-refractivity contribution in [1.29, 1.82) is 0 Å². The molecule has 0 bridgehead atoms. The number of hydrogen-bond donors (Lipinski definition) is 1. The summed E-state index contributed by atoms with van der Waals surface area (Å²) in [6.07, 6.45) is 2.84. The minimum Gasteiger partial charge on any atom is -0.367 e. The van der Waals surface area contributed by atoms with Crippen LogP contribution in [0.4, 0.5) is 10.1 Å². The lowest BCUT2D eigenvalue weighted by Gasteiger charge is -2.18. The molecule has 1 aromatic heterocycles. The Hall–Kier alpha value is -1.16. The molecule has 76 valence electrons. The molecule has 1 saturated heterocycles. The molecule has 0 aliphatic carbocycles. The van der Waals surface area contributed by atoms with Gasteiger partial charge in [0.15, 0.2) is 5.82 Å². The summed E-state index contributed by atoms with van der Waals surface area (Å²) >= 11 is 0. The summed E-state index contributed by atoms with van der Waals surface area (Å²) in [5.41, 5.74) is 6.49. The van der Waals surface area contributed by atoms with Crippen molar-refractivity contribution >= 4 is 5.69 Å². The zero-order valence-electron chi connectivity index (χ0n) is 8.15. The Balaban J connectivity index is 2.21. The van der Waals surface area contributed by atoms with E-state index in [0.717, 1.165) is 13.1 Å². The molecule has 2 heterocycles. The summed E-state index contributed by atoms with van der Waals surface area (Å²) in [5, 5.41) is 0. The molecule has 0 amide bonds. The summed E-state index contributed by atoms with van der Waals surface area (Å²) < 4.78 is 13.4. The highest BCUT2D eigenvalue weighted by Crippen LogP contribution is 2.24. The highest BCUT2D eigenvalue weighted by Gasteiger charge is 2.27. The highest BCUT2D eigenvalue weighted by molar-refractivity contribution is 5.47. The highest BCUT2D eigenvalue weighted by atomic mass is 19.1. The fraction of sp³-hybridized carbons (Fsp3) is 0.500. The average molecular weight is 195 g/mol. The first-order valence-electron chi connectivity index (χ1n) is 4.78. The lowest BCUT2D eigenvalue weighted by molar-refractivity contribution is 0.565. The van der Waals surface area contributed by atoms with E-state index in [1.54, 1.807) is 12.3 Å². The molecular formula is C10H14FN3. The molecule has 14 heavy (non-hydrogen) atoms. The van der Waals surface area contributed by atoms with Crippen LogP contribution < -0.4 is 10.6 Å². The van der Waals surface area contributed by atoms with Gasteiger partial charge in [-0.3, -0.25) is 4.98 Å². The van der Waals surface area contributed by atoms with Gasteiger partial charge < -0.3 is 10.6 Å². The van der Waals surface area contributed by atoms with Gasteiger partial charge in [0.2, 0.25) is 0 Å². The number of anilines is 1. The zero-order valence-corrected chi connectivity index (χ0v) is 8.15. The van der Waals surface area contributed by atoms with Crippen molar-refractivity contribution in [3.8, 4) is 0 Å². The maximum Gasteiger partial charge on any atom is 0.164 e. The lowest BCUT2D eigenvalue weighted by Crippen LogP contribution is -2.28. The van der Waals surface area contributed by atoms with Crippen molar-refractivity contribution in [3.05, 3.63) is 24.3 Å². The molecule has 2 atom stereocenters. The number of nitrogens with zero attached hydrogens (tertiary/aromatic N) is 2. The fourth-order valence-electron chi connectivity index (χ4n) is 1.81. The van der Waals surface area contributed by atoms with Crippen molar-refractivity contribution in [1.82, 2.24) is 4.98 Å². The summed E-state index contributed by atoms with van der Waals surface area (Å²) in [5.74, 6) is 0.149. The maximum absolute atomic E-state index is 13.4. The number of rotatable bonds is 1. The molecule has 2 rings (SSSR count). The molecule has 3 nitrogen and oxygen atoms in total. The fourth-order valence-corrected chi connectivity index (χ4v) is 1.81. The molecule has 0 radical (unpaired) electrons. The summed E-state index contributed by atoms with van der Waals surface area (Å²) in [7, 11) is 0. The van der Waals surface area contributed by atoms with Crippen LogP contribution in [0.25, 0.3) is 0 Å². The van der Waals surface area contributed by atoms with Gasteiger partial charge in [-0.15, -0.1) is 0 Å². The first kappa shape index (κ1) is 9.40. The molecule has 1 aliphatic heterocycles. The minimum absolute atomic E-state index is 0.141. The number of pyridine rings is 1. The first-order chi connectivity index (χ1) is 6.68. The Labute approximate surface area is 82.7 Å². The minimum atomic E-state index is -0.270. The lowest BCUT2D eigenvalue weighted by atomic mass is 10.1. The SMILES string of the molecule is CC1CN(c2ccncc2F)CC1N. The zero-order chi connectivity index (χ0) is 10.1. The van der Waals surface area contributed by atoms with Crippen LogP contribution in [-0.4, -0.2) is 24.1 Å². The molecule has 0 saturated carbocycles. The maximum atomic E-state index is 13.4. The van der Waals surface area contributed by atoms with E-state index in [4.69, 9.17) is 5.73 Å². The van der Waals surface area contributed by atoms with Gasteiger partial charge in [-0.25, -0.2) is 4.39 Å². The van der Waals surface area contributed by atoms with Crippen molar-refractivity contribution < 1.29 is 4.39 Å². The van der Waals surface area contributed by atoms with Crippen molar-refractivity contribution in [3.63, 3.8) is 0 Å². The quantitative estimate of drug-likeness (QED) is 0.727. The summed E-state index contributed by atoms with van der Waals surface area (Å²) in [4.78, 5) is 5.70. The number of halogens is 1. The van der Waals surface area contributed by atoms with E-state index < -0.39 is 0 Å². The number of nitrogens with two attached hydrogens (primary N) is 1. The third-order valence-electron chi connectivity index (χ3n) is 2.76. The van der Waals surface area contributed by atoms with Crippen LogP contribution in [0.1, 0.15) is 6.92 Å². The Bertz CT molecular complexity index is 319. The van der Waals surface area contributed by atoms with Gasteiger partial charge in [0.25, 0.3) is 0 Å². The van der Waals surface area contributed by atoms with Crippen LogP contribution in [0, 0.1) is 11.7 Å². The van der Waals surface area contributed by atoms with Crippen LogP contribution in [0.2, 0.25) is 0 Å². The predicted molar refractivity (Wildman–Crippen MR) is 53.5 cm³/mol. The summed E-state index contributed by atoms with van der Waals surface area (Å²) in [6, 6.07) is 1.84. The Morgan fingerprint density at radius 2 is 2.36 bits per heavy atom. The normalized spacial score (nSPS) is 26.9. The Morgan fingerprint density at radius 1 is 1.57 bits per heavy atom. The van der Waals surface area contributed by atoms with Gasteiger partial charge in [-0.2, -0.15) is 0 Å². The van der Waals surface area contributed by atoms with Gasteiger partial charge in [0, 0.05) is 25.3 Å². The van der Waals surface area contributed by atoms with Crippen molar-refractivity contribution in [2.24, 2.45) is 11.7 Å². The van der Waals surface area contributed by atoms with E-state index in [1.807, 2.05) is 4.90 Å². The molecule has 2 N–H and O–H groups in total. The first-order valence-corrected chi connectivity index (χ1v) is 4.78. The van der Waals surface area contributed by atoms with Crippen molar-refractivity contribution in [2.75, 3.05) is 18.0 Å². The molecule has 0 spiro atoms. The van der Waals surface area contributed by atoms with Gasteiger partial charge >= 0.3 is 0 Å². The average Bonchev–Trinajstić information content (AvgIpc) is 2.48. The smallest absolute Gasteiger partial charge is 0.164 e. The molecule has 1 fully saturated rings. The van der Waals surface area contributed by atoms with Crippen LogP contribution in [0.3, 0.4) is 0 Å². The van der Waals surface area contributed by atoms with Crippen molar-refractivity contribution in [2.45, 2.75) is 13.0 Å². The predicted octanol–water partition coefficient (Wildman–Crippen LogP) is 1.00. The summed E-state index contributed by atoms with van der Waals surface area (Å²) in [6.45, 7) is 3.63. The van der Waals surface area contributed by atoms with E-state index in [1.165, 1.54) is 6.20 Å². The largest absolute Gasteiger partial charge is 0.367 e. The van der Waals surface area contributed by atoms with E-state index in [0.29, 0.717) is 11.6 Å². The number of aromatic nitrogens is 1. The van der Waals surface area contributed by atoms with E-state index in [2.05, 4.69) is 11.9 Å². The third kappa shape index (κ3) is 1.57. The molecule has 0 aromatic carbocycles. The Morgan fingerprint density at radius 3 is 2.93 bits per heavy atom.